The van der Waals surface area contributed by atoms with E-state index < -0.39 is 0 Å². The molecule has 0 radical (unpaired) electrons. The monoisotopic (exact) mass is 390 g/mol. The minimum atomic E-state index is -0.171. The van der Waals surface area contributed by atoms with E-state index in [1.807, 2.05) is 52.9 Å². The van der Waals surface area contributed by atoms with Crippen molar-refractivity contribution in [2.45, 2.75) is 6.92 Å². The largest absolute Gasteiger partial charge is 0.304 e. The Hall–Kier alpha value is -2.09. The molecule has 0 saturated carbocycles. The van der Waals surface area contributed by atoms with Crippen LogP contribution in [0.4, 0.5) is 0 Å². The molecular formula is C15H11IN4O. The summed E-state index contributed by atoms with van der Waals surface area (Å²) in [5.41, 5.74) is 2.00. The zero-order chi connectivity index (χ0) is 14.8. The van der Waals surface area contributed by atoms with Gasteiger partial charge in [0.15, 0.2) is 5.82 Å². The predicted molar refractivity (Wildman–Crippen MR) is 88.8 cm³/mol. The molecule has 0 unspecified atom stereocenters. The summed E-state index contributed by atoms with van der Waals surface area (Å²) in [6.07, 6.45) is 1.65. The van der Waals surface area contributed by atoms with Gasteiger partial charge in [-0.3, -0.25) is 4.79 Å². The maximum absolute atomic E-state index is 12.1. The van der Waals surface area contributed by atoms with Gasteiger partial charge in [-0.15, -0.1) is 0 Å². The second-order valence-electron chi connectivity index (χ2n) is 4.43. The van der Waals surface area contributed by atoms with Gasteiger partial charge in [0, 0.05) is 11.8 Å². The van der Waals surface area contributed by atoms with Crippen LogP contribution in [0.3, 0.4) is 0 Å². The van der Waals surface area contributed by atoms with E-state index in [-0.39, 0.29) is 5.56 Å². The predicted octanol–water partition coefficient (Wildman–Crippen LogP) is 2.81. The highest BCUT2D eigenvalue weighted by atomic mass is 127. The fourth-order valence-electron chi connectivity index (χ4n) is 1.96. The van der Waals surface area contributed by atoms with E-state index in [9.17, 15) is 4.79 Å². The molecule has 0 bridgehead atoms. The molecule has 2 aromatic heterocycles. The number of hydrogen-bond donors (Lipinski definition) is 1. The molecule has 1 N–H and O–H groups in total. The molecule has 6 heteroatoms. The van der Waals surface area contributed by atoms with Crippen LogP contribution in [0.2, 0.25) is 0 Å². The van der Waals surface area contributed by atoms with Crippen LogP contribution in [-0.2, 0) is 0 Å². The first-order valence-corrected chi connectivity index (χ1v) is 7.38. The third-order valence-electron chi connectivity index (χ3n) is 2.93. The van der Waals surface area contributed by atoms with E-state index >= 15 is 0 Å². The van der Waals surface area contributed by atoms with Crippen LogP contribution < -0.4 is 5.56 Å². The Labute approximate surface area is 134 Å². The van der Waals surface area contributed by atoms with Crippen LogP contribution in [0, 0.1) is 10.5 Å². The van der Waals surface area contributed by atoms with E-state index in [0.717, 1.165) is 5.56 Å². The number of halogens is 1. The van der Waals surface area contributed by atoms with Gasteiger partial charge in [-0.25, -0.2) is 15.0 Å². The molecule has 1 aromatic carbocycles. The summed E-state index contributed by atoms with van der Waals surface area (Å²) in [4.78, 5) is 27.8. The number of aromatic amines is 1. The highest BCUT2D eigenvalue weighted by Crippen LogP contribution is 2.22. The van der Waals surface area contributed by atoms with Gasteiger partial charge in [0.1, 0.15) is 15.1 Å². The van der Waals surface area contributed by atoms with Crippen molar-refractivity contribution in [1.82, 2.24) is 19.9 Å². The minimum Gasteiger partial charge on any atom is -0.304 e. The lowest BCUT2D eigenvalue weighted by molar-refractivity contribution is 1.02. The normalized spacial score (nSPS) is 10.6. The van der Waals surface area contributed by atoms with Crippen molar-refractivity contribution in [2.24, 2.45) is 0 Å². The first kappa shape index (κ1) is 13.9. The first-order chi connectivity index (χ1) is 10.1. The van der Waals surface area contributed by atoms with Crippen LogP contribution in [-0.4, -0.2) is 19.9 Å². The van der Waals surface area contributed by atoms with Crippen LogP contribution in [0.5, 0.6) is 0 Å². The molecule has 0 spiro atoms. The summed E-state index contributed by atoms with van der Waals surface area (Å²) in [5.74, 6) is 1.08. The number of H-pyrrole nitrogens is 1. The third-order valence-corrected chi connectivity index (χ3v) is 3.93. The number of hydrogen-bond acceptors (Lipinski definition) is 4. The van der Waals surface area contributed by atoms with Gasteiger partial charge in [-0.05, 0) is 35.6 Å². The SMILES string of the molecule is Cc1nccc(-c2nc(-c3ccccc3)c(I)c(=O)[nH]2)n1. The van der Waals surface area contributed by atoms with Crippen LogP contribution in [0.1, 0.15) is 5.82 Å². The molecule has 0 amide bonds. The number of nitrogens with one attached hydrogen (secondary N) is 1. The van der Waals surface area contributed by atoms with E-state index in [4.69, 9.17) is 0 Å². The molecule has 0 aliphatic rings. The van der Waals surface area contributed by atoms with Gasteiger partial charge < -0.3 is 4.98 Å². The minimum absolute atomic E-state index is 0.171. The average Bonchev–Trinajstić information content (AvgIpc) is 2.51. The van der Waals surface area contributed by atoms with Crippen molar-refractivity contribution in [3.8, 4) is 22.8 Å². The maximum Gasteiger partial charge on any atom is 0.265 e. The molecular weight excluding hydrogens is 379 g/mol. The number of aromatic nitrogens is 4. The zero-order valence-electron chi connectivity index (χ0n) is 11.2. The molecule has 0 atom stereocenters. The summed E-state index contributed by atoms with van der Waals surface area (Å²) in [7, 11) is 0. The molecule has 3 aromatic rings. The van der Waals surface area contributed by atoms with Gasteiger partial charge in [0.05, 0.1) is 5.69 Å². The van der Waals surface area contributed by atoms with E-state index in [0.29, 0.717) is 26.6 Å². The Kier molecular flexibility index (Phi) is 3.78. The van der Waals surface area contributed by atoms with E-state index in [1.54, 1.807) is 19.2 Å². The molecule has 0 fully saturated rings. The summed E-state index contributed by atoms with van der Waals surface area (Å²) >= 11 is 2.01. The van der Waals surface area contributed by atoms with Crippen LogP contribution in [0.15, 0.2) is 47.4 Å². The van der Waals surface area contributed by atoms with E-state index in [2.05, 4.69) is 19.9 Å². The topological polar surface area (TPSA) is 71.5 Å². The highest BCUT2D eigenvalue weighted by Gasteiger charge is 2.12. The Morgan fingerprint density at radius 1 is 1.10 bits per heavy atom. The Morgan fingerprint density at radius 2 is 1.86 bits per heavy atom. The van der Waals surface area contributed by atoms with Gasteiger partial charge in [-0.2, -0.15) is 0 Å². The maximum atomic E-state index is 12.1. The molecule has 21 heavy (non-hydrogen) atoms. The molecule has 3 rings (SSSR count). The first-order valence-electron chi connectivity index (χ1n) is 6.30. The molecule has 0 aliphatic heterocycles. The van der Waals surface area contributed by atoms with Crippen molar-refractivity contribution in [3.05, 3.63) is 62.3 Å². The summed E-state index contributed by atoms with van der Waals surface area (Å²) in [6.45, 7) is 1.80. The van der Waals surface area contributed by atoms with Crippen molar-refractivity contribution >= 4 is 22.6 Å². The number of aryl methyl sites for hydroxylation is 1. The molecule has 0 saturated heterocycles. The fourth-order valence-corrected chi connectivity index (χ4v) is 2.52. The van der Waals surface area contributed by atoms with Crippen LogP contribution >= 0.6 is 22.6 Å². The number of rotatable bonds is 2. The summed E-state index contributed by atoms with van der Waals surface area (Å²) in [5, 5.41) is 0. The fraction of sp³-hybridized carbons (Fsp3) is 0.0667. The molecule has 5 nitrogen and oxygen atoms in total. The van der Waals surface area contributed by atoms with Gasteiger partial charge in [0.2, 0.25) is 0 Å². The lowest BCUT2D eigenvalue weighted by Gasteiger charge is -2.07. The lowest BCUT2D eigenvalue weighted by Crippen LogP contribution is -2.15. The zero-order valence-corrected chi connectivity index (χ0v) is 13.3. The van der Waals surface area contributed by atoms with E-state index in [1.165, 1.54) is 0 Å². The second-order valence-corrected chi connectivity index (χ2v) is 5.51. The highest BCUT2D eigenvalue weighted by molar-refractivity contribution is 14.1. The second kappa shape index (κ2) is 5.72. The van der Waals surface area contributed by atoms with Crippen molar-refractivity contribution in [2.75, 3.05) is 0 Å². The van der Waals surface area contributed by atoms with Crippen molar-refractivity contribution in [1.29, 1.82) is 0 Å². The third kappa shape index (κ3) is 2.85. The summed E-state index contributed by atoms with van der Waals surface area (Å²) in [6, 6.07) is 11.4. The molecule has 104 valence electrons. The molecule has 2 heterocycles. The van der Waals surface area contributed by atoms with Crippen molar-refractivity contribution in [3.63, 3.8) is 0 Å². The lowest BCUT2D eigenvalue weighted by atomic mass is 10.1. The van der Waals surface area contributed by atoms with Crippen molar-refractivity contribution < 1.29 is 0 Å². The Bertz CT molecular complexity index is 846. The van der Waals surface area contributed by atoms with Crippen LogP contribution in [0.25, 0.3) is 22.8 Å². The van der Waals surface area contributed by atoms with Gasteiger partial charge in [0.25, 0.3) is 5.56 Å². The Balaban J connectivity index is 2.21. The smallest absolute Gasteiger partial charge is 0.265 e. The summed E-state index contributed by atoms with van der Waals surface area (Å²) < 4.78 is 0.563. The number of benzene rings is 1. The molecule has 0 aliphatic carbocycles. The van der Waals surface area contributed by atoms with Gasteiger partial charge >= 0.3 is 0 Å². The number of nitrogens with zero attached hydrogens (tertiary/aromatic N) is 3. The quantitative estimate of drug-likeness (QED) is 0.684. The standard InChI is InChI=1S/C15H11IN4O/c1-9-17-8-7-11(18-9)14-19-13(12(16)15(21)20-14)10-5-3-2-4-6-10/h2-8H,1H3,(H,19,20,21). The average molecular weight is 390 g/mol. The Morgan fingerprint density at radius 3 is 2.57 bits per heavy atom. The van der Waals surface area contributed by atoms with Gasteiger partial charge in [-0.1, -0.05) is 30.3 Å².